The van der Waals surface area contributed by atoms with Gasteiger partial charge in [0.2, 0.25) is 0 Å². The SMILES string of the molecule is CCCCCCCCC=C(C)/C=C/C=O.CCCCCCCCC=C(C)C(CC(OC)OCC)OC. The van der Waals surface area contributed by atoms with Crippen molar-refractivity contribution in [2.24, 2.45) is 0 Å². The van der Waals surface area contributed by atoms with Crippen LogP contribution in [0.2, 0.25) is 0 Å². The summed E-state index contributed by atoms with van der Waals surface area (Å²) in [6, 6.07) is 0. The maximum absolute atomic E-state index is 10.1. The van der Waals surface area contributed by atoms with Crippen molar-refractivity contribution in [1.82, 2.24) is 0 Å². The van der Waals surface area contributed by atoms with Crippen LogP contribution in [-0.2, 0) is 19.0 Å². The van der Waals surface area contributed by atoms with Crippen LogP contribution in [0.25, 0.3) is 0 Å². The fraction of sp³-hybridized carbons (Fsp3) is 0.781. The van der Waals surface area contributed by atoms with Gasteiger partial charge in [-0.3, -0.25) is 4.79 Å². The highest BCUT2D eigenvalue weighted by Crippen LogP contribution is 2.17. The van der Waals surface area contributed by atoms with E-state index in [-0.39, 0.29) is 12.4 Å². The minimum atomic E-state index is -0.183. The van der Waals surface area contributed by atoms with Crippen LogP contribution in [0.1, 0.15) is 131 Å². The van der Waals surface area contributed by atoms with Crippen molar-refractivity contribution in [3.05, 3.63) is 35.5 Å². The summed E-state index contributed by atoms with van der Waals surface area (Å²) < 4.78 is 16.4. The van der Waals surface area contributed by atoms with Gasteiger partial charge in [0, 0.05) is 27.2 Å². The van der Waals surface area contributed by atoms with Gasteiger partial charge >= 0.3 is 0 Å². The summed E-state index contributed by atoms with van der Waals surface area (Å²) in [5.41, 5.74) is 2.48. The van der Waals surface area contributed by atoms with E-state index in [9.17, 15) is 4.79 Å². The first-order valence-corrected chi connectivity index (χ1v) is 14.6. The Morgan fingerprint density at radius 1 is 0.722 bits per heavy atom. The van der Waals surface area contributed by atoms with Gasteiger partial charge in [-0.15, -0.1) is 0 Å². The second-order valence-electron chi connectivity index (χ2n) is 9.59. The molecule has 0 aliphatic rings. The van der Waals surface area contributed by atoms with Crippen molar-refractivity contribution >= 4 is 6.29 Å². The number of rotatable bonds is 23. The Bertz CT molecular complexity index is 550. The first-order chi connectivity index (χ1) is 17.5. The summed E-state index contributed by atoms with van der Waals surface area (Å²) in [5.74, 6) is 0. The van der Waals surface area contributed by atoms with E-state index in [0.29, 0.717) is 6.61 Å². The Kier molecular flexibility index (Phi) is 30.8. The van der Waals surface area contributed by atoms with Crippen LogP contribution < -0.4 is 0 Å². The zero-order chi connectivity index (χ0) is 27.3. The summed E-state index contributed by atoms with van der Waals surface area (Å²) in [6.07, 6.45) is 27.8. The van der Waals surface area contributed by atoms with Crippen LogP contribution in [-0.4, -0.2) is 39.5 Å². The summed E-state index contributed by atoms with van der Waals surface area (Å²) in [6.45, 7) is 11.3. The Morgan fingerprint density at radius 2 is 1.25 bits per heavy atom. The molecule has 0 fully saturated rings. The molecule has 4 heteroatoms. The van der Waals surface area contributed by atoms with E-state index in [1.54, 1.807) is 20.3 Å². The number of methoxy groups -OCH3 is 2. The van der Waals surface area contributed by atoms with Gasteiger partial charge in [0.05, 0.1) is 6.10 Å². The van der Waals surface area contributed by atoms with Crippen molar-refractivity contribution in [1.29, 1.82) is 0 Å². The number of ether oxygens (including phenoxy) is 3. The first kappa shape index (κ1) is 36.9. The molecule has 0 bridgehead atoms. The van der Waals surface area contributed by atoms with E-state index in [0.717, 1.165) is 25.5 Å². The Balaban J connectivity index is 0. The highest BCUT2D eigenvalue weighted by molar-refractivity contribution is 5.65. The van der Waals surface area contributed by atoms with Gasteiger partial charge in [0.15, 0.2) is 6.29 Å². The van der Waals surface area contributed by atoms with Gasteiger partial charge in [0.25, 0.3) is 0 Å². The number of carbonyl (C=O) groups excluding carboxylic acids is 1. The molecule has 0 amide bonds. The predicted molar refractivity (Wildman–Crippen MR) is 157 cm³/mol. The van der Waals surface area contributed by atoms with Crippen molar-refractivity contribution in [3.63, 3.8) is 0 Å². The second-order valence-corrected chi connectivity index (χ2v) is 9.59. The van der Waals surface area contributed by atoms with Crippen molar-refractivity contribution in [2.75, 3.05) is 20.8 Å². The van der Waals surface area contributed by atoms with E-state index < -0.39 is 0 Å². The molecule has 0 N–H and O–H groups in total. The fourth-order valence-electron chi connectivity index (χ4n) is 3.96. The largest absolute Gasteiger partial charge is 0.377 e. The third-order valence-corrected chi connectivity index (χ3v) is 6.30. The van der Waals surface area contributed by atoms with Gasteiger partial charge < -0.3 is 14.2 Å². The Morgan fingerprint density at radius 3 is 1.72 bits per heavy atom. The fourth-order valence-corrected chi connectivity index (χ4v) is 3.96. The molecule has 4 nitrogen and oxygen atoms in total. The standard InChI is InChI=1S/C18H36O3.C14H24O/c1-6-8-9-10-11-12-13-14-16(3)17(19-4)15-18(20-5)21-7-2;1-3-4-5-6-7-8-9-11-14(2)12-10-13-15/h14,17-18H,6-13,15H2,1-5H3;10-13H,3-9H2,1-2H3/b;12-10+,14-11?. The van der Waals surface area contributed by atoms with E-state index in [1.807, 2.05) is 19.9 Å². The van der Waals surface area contributed by atoms with E-state index in [4.69, 9.17) is 14.2 Å². The third-order valence-electron chi connectivity index (χ3n) is 6.30. The van der Waals surface area contributed by atoms with Crippen LogP contribution in [0, 0.1) is 0 Å². The average molecular weight is 509 g/mol. The monoisotopic (exact) mass is 508 g/mol. The topological polar surface area (TPSA) is 44.8 Å². The van der Waals surface area contributed by atoms with E-state index >= 15 is 0 Å². The number of hydrogen-bond acceptors (Lipinski definition) is 4. The molecular weight excluding hydrogens is 448 g/mol. The van der Waals surface area contributed by atoms with Crippen LogP contribution >= 0.6 is 0 Å². The lowest BCUT2D eigenvalue weighted by atomic mass is 10.0. The maximum Gasteiger partial charge on any atom is 0.159 e. The lowest BCUT2D eigenvalue weighted by molar-refractivity contribution is -0.137. The average Bonchev–Trinajstić information content (AvgIpc) is 2.89. The van der Waals surface area contributed by atoms with Crippen LogP contribution in [0.3, 0.4) is 0 Å². The smallest absolute Gasteiger partial charge is 0.159 e. The first-order valence-electron chi connectivity index (χ1n) is 14.6. The molecule has 2 atom stereocenters. The zero-order valence-corrected chi connectivity index (χ0v) is 25.0. The maximum atomic E-state index is 10.1. The molecule has 36 heavy (non-hydrogen) atoms. The second kappa shape index (κ2) is 30.0. The van der Waals surface area contributed by atoms with Crippen molar-refractivity contribution in [3.8, 4) is 0 Å². The molecule has 0 aromatic heterocycles. The molecule has 0 aliphatic heterocycles. The molecule has 0 radical (unpaired) electrons. The van der Waals surface area contributed by atoms with Crippen LogP contribution in [0.5, 0.6) is 0 Å². The molecule has 0 heterocycles. The van der Waals surface area contributed by atoms with Gasteiger partial charge in [-0.25, -0.2) is 0 Å². The van der Waals surface area contributed by atoms with Gasteiger partial charge in [0.1, 0.15) is 6.29 Å². The lowest BCUT2D eigenvalue weighted by Gasteiger charge is -2.22. The highest BCUT2D eigenvalue weighted by Gasteiger charge is 2.17. The molecule has 0 aromatic carbocycles. The summed E-state index contributed by atoms with van der Waals surface area (Å²) >= 11 is 0. The summed E-state index contributed by atoms with van der Waals surface area (Å²) in [7, 11) is 3.44. The van der Waals surface area contributed by atoms with Gasteiger partial charge in [-0.05, 0) is 58.1 Å². The zero-order valence-electron chi connectivity index (χ0n) is 25.0. The Labute approximate surface area is 224 Å². The summed E-state index contributed by atoms with van der Waals surface area (Å²) in [5, 5.41) is 0. The number of allylic oxidation sites excluding steroid dienone is 5. The van der Waals surface area contributed by atoms with Crippen molar-refractivity contribution in [2.45, 2.75) is 143 Å². The quantitative estimate of drug-likeness (QED) is 0.0344. The predicted octanol–water partition coefficient (Wildman–Crippen LogP) is 9.54. The molecule has 0 saturated carbocycles. The molecule has 2 unspecified atom stereocenters. The van der Waals surface area contributed by atoms with Gasteiger partial charge in [-0.2, -0.15) is 0 Å². The minimum absolute atomic E-state index is 0.0848. The van der Waals surface area contributed by atoms with Crippen LogP contribution in [0.4, 0.5) is 0 Å². The van der Waals surface area contributed by atoms with Crippen LogP contribution in [0.15, 0.2) is 35.5 Å². The minimum Gasteiger partial charge on any atom is -0.377 e. The van der Waals surface area contributed by atoms with Gasteiger partial charge in [-0.1, -0.05) is 102 Å². The third kappa shape index (κ3) is 25.9. The summed E-state index contributed by atoms with van der Waals surface area (Å²) in [4.78, 5) is 10.1. The Hall–Kier alpha value is -1.23. The molecule has 0 spiro atoms. The molecule has 0 aliphatic carbocycles. The van der Waals surface area contributed by atoms with E-state index in [2.05, 4.69) is 32.9 Å². The highest BCUT2D eigenvalue weighted by atomic mass is 16.7. The number of carbonyl (C=O) groups is 1. The van der Waals surface area contributed by atoms with E-state index in [1.165, 1.54) is 88.2 Å². The molecule has 0 saturated heterocycles. The molecule has 0 aromatic rings. The molecule has 0 rings (SSSR count). The normalized spacial score (nSPS) is 14.0. The number of unbranched alkanes of at least 4 members (excludes halogenated alkanes) is 12. The number of hydrogen-bond donors (Lipinski definition) is 0. The lowest BCUT2D eigenvalue weighted by Crippen LogP contribution is -2.25. The number of aldehydes is 1. The molecule has 212 valence electrons. The molecular formula is C32H60O4. The van der Waals surface area contributed by atoms with Crippen molar-refractivity contribution < 1.29 is 19.0 Å².